The molecule has 1 aromatic carbocycles. The van der Waals surface area contributed by atoms with Gasteiger partial charge in [0.05, 0.1) is 18.9 Å². The van der Waals surface area contributed by atoms with Gasteiger partial charge in [-0.1, -0.05) is 6.07 Å². The van der Waals surface area contributed by atoms with Gasteiger partial charge in [0.15, 0.2) is 0 Å². The fraction of sp³-hybridized carbons (Fsp3) is 0.364. The van der Waals surface area contributed by atoms with Crippen molar-refractivity contribution in [3.05, 3.63) is 27.1 Å². The molecule has 17 heavy (non-hydrogen) atoms. The first kappa shape index (κ1) is 12.9. The zero-order valence-corrected chi connectivity index (χ0v) is 12.3. The number of anilines is 1. The first-order valence-corrected chi connectivity index (χ1v) is 6.85. The van der Waals surface area contributed by atoms with Gasteiger partial charge in [-0.05, 0) is 44.0 Å². The van der Waals surface area contributed by atoms with Gasteiger partial charge in [0.2, 0.25) is 0 Å². The van der Waals surface area contributed by atoms with Crippen LogP contribution in [0.1, 0.15) is 0 Å². The third kappa shape index (κ3) is 3.20. The third-order valence-electron chi connectivity index (χ3n) is 2.49. The van der Waals surface area contributed by atoms with Gasteiger partial charge in [-0.15, -0.1) is 0 Å². The number of amides is 2. The van der Waals surface area contributed by atoms with Gasteiger partial charge in [0, 0.05) is 22.0 Å². The molecule has 1 aliphatic rings. The van der Waals surface area contributed by atoms with Crippen LogP contribution in [-0.4, -0.2) is 37.2 Å². The van der Waals surface area contributed by atoms with E-state index in [0.717, 1.165) is 14.6 Å². The summed E-state index contributed by atoms with van der Waals surface area (Å²) < 4.78 is 6.92. The van der Waals surface area contributed by atoms with Crippen LogP contribution in [0.15, 0.2) is 27.1 Å². The molecule has 0 radical (unpaired) electrons. The summed E-state index contributed by atoms with van der Waals surface area (Å²) in [6.45, 7) is 2.47. The molecule has 0 saturated carbocycles. The first-order chi connectivity index (χ1) is 8.18. The normalized spacial score (nSPS) is 15.8. The Morgan fingerprint density at radius 3 is 2.41 bits per heavy atom. The lowest BCUT2D eigenvalue weighted by molar-refractivity contribution is 0.0564. The quantitative estimate of drug-likeness (QED) is 0.833. The van der Waals surface area contributed by atoms with Crippen LogP contribution < -0.4 is 5.32 Å². The van der Waals surface area contributed by atoms with Crippen LogP contribution in [0.5, 0.6) is 0 Å². The van der Waals surface area contributed by atoms with Crippen molar-refractivity contribution in [3.63, 3.8) is 0 Å². The molecule has 0 atom stereocenters. The number of urea groups is 1. The molecule has 6 heteroatoms. The Hall–Kier alpha value is -0.590. The maximum atomic E-state index is 12.0. The Bertz CT molecular complexity index is 400. The highest BCUT2D eigenvalue weighted by Crippen LogP contribution is 2.30. The van der Waals surface area contributed by atoms with Gasteiger partial charge in [-0.3, -0.25) is 0 Å². The van der Waals surface area contributed by atoms with Gasteiger partial charge in [0.25, 0.3) is 0 Å². The fourth-order valence-corrected chi connectivity index (χ4v) is 2.77. The van der Waals surface area contributed by atoms with Crippen LogP contribution in [0.25, 0.3) is 0 Å². The third-order valence-corrected chi connectivity index (χ3v) is 3.81. The zero-order chi connectivity index (χ0) is 12.3. The molecule has 1 aliphatic heterocycles. The van der Waals surface area contributed by atoms with E-state index in [2.05, 4.69) is 37.2 Å². The number of carbonyl (C=O) groups excluding carboxylic acids is 1. The molecular weight excluding hydrogens is 352 g/mol. The van der Waals surface area contributed by atoms with E-state index >= 15 is 0 Å². The number of hydrogen-bond acceptors (Lipinski definition) is 2. The summed E-state index contributed by atoms with van der Waals surface area (Å²) in [5.41, 5.74) is 0.754. The van der Waals surface area contributed by atoms with Gasteiger partial charge >= 0.3 is 6.03 Å². The van der Waals surface area contributed by atoms with E-state index < -0.39 is 0 Å². The Morgan fingerprint density at radius 1 is 1.24 bits per heavy atom. The SMILES string of the molecule is O=C(Nc1c(Br)cccc1Br)N1CCOCC1. The molecular formula is C11H12Br2N2O2. The number of nitrogens with one attached hydrogen (secondary N) is 1. The lowest BCUT2D eigenvalue weighted by atomic mass is 10.3. The number of halogens is 2. The molecule has 2 amide bonds. The number of hydrogen-bond donors (Lipinski definition) is 1. The van der Waals surface area contributed by atoms with Crippen LogP contribution in [-0.2, 0) is 4.74 Å². The van der Waals surface area contributed by atoms with Gasteiger partial charge < -0.3 is 15.0 Å². The Kier molecular flexibility index (Phi) is 4.42. The Morgan fingerprint density at radius 2 is 1.82 bits per heavy atom. The molecule has 0 aromatic heterocycles. The molecule has 2 rings (SSSR count). The van der Waals surface area contributed by atoms with Crippen molar-refractivity contribution in [1.29, 1.82) is 0 Å². The van der Waals surface area contributed by atoms with E-state index in [-0.39, 0.29) is 6.03 Å². The van der Waals surface area contributed by atoms with Crippen molar-refractivity contribution in [2.24, 2.45) is 0 Å². The number of rotatable bonds is 1. The van der Waals surface area contributed by atoms with Crippen molar-refractivity contribution in [1.82, 2.24) is 4.90 Å². The number of para-hydroxylation sites is 1. The van der Waals surface area contributed by atoms with Crippen LogP contribution in [0.4, 0.5) is 10.5 Å². The smallest absolute Gasteiger partial charge is 0.322 e. The molecule has 0 aliphatic carbocycles. The Labute approximate surface area is 117 Å². The average Bonchev–Trinajstić information content (AvgIpc) is 2.35. The van der Waals surface area contributed by atoms with Gasteiger partial charge in [-0.2, -0.15) is 0 Å². The summed E-state index contributed by atoms with van der Waals surface area (Å²) in [5.74, 6) is 0. The van der Waals surface area contributed by atoms with Gasteiger partial charge in [-0.25, -0.2) is 4.79 Å². The van der Waals surface area contributed by atoms with Crippen molar-refractivity contribution < 1.29 is 9.53 Å². The second kappa shape index (κ2) is 5.84. The van der Waals surface area contributed by atoms with Crippen molar-refractivity contribution >= 4 is 43.6 Å². The topological polar surface area (TPSA) is 41.6 Å². The zero-order valence-electron chi connectivity index (χ0n) is 9.08. The highest BCUT2D eigenvalue weighted by molar-refractivity contribution is 9.11. The molecule has 1 aromatic rings. The van der Waals surface area contributed by atoms with Crippen LogP contribution in [0.3, 0.4) is 0 Å². The highest BCUT2D eigenvalue weighted by atomic mass is 79.9. The molecule has 4 nitrogen and oxygen atoms in total. The number of morpholine rings is 1. The number of nitrogens with zero attached hydrogens (tertiary/aromatic N) is 1. The molecule has 0 unspecified atom stereocenters. The van der Waals surface area contributed by atoms with E-state index in [0.29, 0.717) is 26.3 Å². The number of ether oxygens (including phenoxy) is 1. The van der Waals surface area contributed by atoms with Crippen molar-refractivity contribution in [2.75, 3.05) is 31.6 Å². The van der Waals surface area contributed by atoms with Crippen molar-refractivity contribution in [2.45, 2.75) is 0 Å². The highest BCUT2D eigenvalue weighted by Gasteiger charge is 2.18. The van der Waals surface area contributed by atoms with E-state index in [4.69, 9.17) is 4.74 Å². The number of carbonyl (C=O) groups is 1. The molecule has 1 saturated heterocycles. The minimum Gasteiger partial charge on any atom is -0.378 e. The molecule has 1 fully saturated rings. The number of benzene rings is 1. The maximum absolute atomic E-state index is 12.0. The molecule has 1 N–H and O–H groups in total. The molecule has 92 valence electrons. The second-order valence-corrected chi connectivity index (χ2v) is 5.33. The van der Waals surface area contributed by atoms with Crippen molar-refractivity contribution in [3.8, 4) is 0 Å². The largest absolute Gasteiger partial charge is 0.378 e. The van der Waals surface area contributed by atoms with E-state index in [9.17, 15) is 4.79 Å². The molecule has 1 heterocycles. The predicted octanol–water partition coefficient (Wildman–Crippen LogP) is 3.08. The molecule has 0 bridgehead atoms. The standard InChI is InChI=1S/C11H12Br2N2O2/c12-8-2-1-3-9(13)10(8)14-11(16)15-4-6-17-7-5-15/h1-3H,4-7H2,(H,14,16). The predicted molar refractivity (Wildman–Crippen MR) is 73.3 cm³/mol. The van der Waals surface area contributed by atoms with E-state index in [1.807, 2.05) is 18.2 Å². The summed E-state index contributed by atoms with van der Waals surface area (Å²) in [4.78, 5) is 13.7. The average molecular weight is 364 g/mol. The minimum atomic E-state index is -0.0964. The summed E-state index contributed by atoms with van der Waals surface area (Å²) in [6, 6.07) is 5.58. The maximum Gasteiger partial charge on any atom is 0.322 e. The minimum absolute atomic E-state index is 0.0964. The second-order valence-electron chi connectivity index (χ2n) is 3.63. The van der Waals surface area contributed by atoms with Crippen LogP contribution in [0.2, 0.25) is 0 Å². The fourth-order valence-electron chi connectivity index (χ4n) is 1.57. The van der Waals surface area contributed by atoms with Crippen LogP contribution >= 0.6 is 31.9 Å². The lowest BCUT2D eigenvalue weighted by Crippen LogP contribution is -2.43. The monoisotopic (exact) mass is 362 g/mol. The van der Waals surface area contributed by atoms with Crippen LogP contribution in [0, 0.1) is 0 Å². The van der Waals surface area contributed by atoms with Gasteiger partial charge in [0.1, 0.15) is 0 Å². The summed E-state index contributed by atoms with van der Waals surface area (Å²) in [7, 11) is 0. The lowest BCUT2D eigenvalue weighted by Gasteiger charge is -2.27. The summed E-state index contributed by atoms with van der Waals surface area (Å²) >= 11 is 6.82. The summed E-state index contributed by atoms with van der Waals surface area (Å²) in [5, 5.41) is 2.89. The Balaban J connectivity index is 2.07. The van der Waals surface area contributed by atoms with E-state index in [1.165, 1.54) is 0 Å². The van der Waals surface area contributed by atoms with E-state index in [1.54, 1.807) is 4.90 Å². The molecule has 0 spiro atoms. The summed E-state index contributed by atoms with van der Waals surface area (Å²) in [6.07, 6.45) is 0. The first-order valence-electron chi connectivity index (χ1n) is 5.26.